The summed E-state index contributed by atoms with van der Waals surface area (Å²) in [5.41, 5.74) is 2.31. The second-order valence-corrected chi connectivity index (χ2v) is 8.29. The van der Waals surface area contributed by atoms with Gasteiger partial charge in [0.25, 0.3) is 0 Å². The minimum Gasteiger partial charge on any atom is -0.369 e. The zero-order chi connectivity index (χ0) is 14.8. The molecule has 1 heterocycles. The minimum absolute atomic E-state index is 0.245. The van der Waals surface area contributed by atoms with E-state index in [0.29, 0.717) is 19.1 Å². The molecule has 1 saturated heterocycles. The molecule has 0 saturated carbocycles. The number of anilines is 1. The molecule has 0 amide bonds. The monoisotopic (exact) mass is 360 g/mol. The summed E-state index contributed by atoms with van der Waals surface area (Å²) in [7, 11) is -2.83. The lowest BCUT2D eigenvalue weighted by molar-refractivity contribution is 0.586. The van der Waals surface area contributed by atoms with Gasteiger partial charge in [0.05, 0.1) is 17.2 Å². The summed E-state index contributed by atoms with van der Waals surface area (Å²) >= 11 is 3.61. The van der Waals surface area contributed by atoms with Crippen molar-refractivity contribution in [3.8, 4) is 0 Å². The fraction of sp³-hybridized carbons (Fsp3) is 0.571. The van der Waals surface area contributed by atoms with Crippen LogP contribution >= 0.6 is 15.9 Å². The molecule has 0 aromatic heterocycles. The Morgan fingerprint density at radius 2 is 2.00 bits per heavy atom. The molecule has 1 fully saturated rings. The summed E-state index contributed by atoms with van der Waals surface area (Å²) in [5, 5.41) is 3.39. The summed E-state index contributed by atoms with van der Waals surface area (Å²) in [5.74, 6) is 0.490. The van der Waals surface area contributed by atoms with Crippen molar-refractivity contribution in [1.82, 2.24) is 5.32 Å². The zero-order valence-electron chi connectivity index (χ0n) is 11.9. The van der Waals surface area contributed by atoms with Crippen LogP contribution < -0.4 is 10.2 Å². The number of benzene rings is 1. The van der Waals surface area contributed by atoms with Gasteiger partial charge in [-0.2, -0.15) is 0 Å². The Labute approximate surface area is 129 Å². The maximum absolute atomic E-state index is 11.5. The second-order valence-electron chi connectivity index (χ2n) is 5.13. The van der Waals surface area contributed by atoms with Crippen LogP contribution in [0.4, 0.5) is 5.69 Å². The smallest absolute Gasteiger partial charge is 0.153 e. The SMILES string of the molecule is CCNC(C)c1ccc(N2CCS(=O)(=O)CC2)c(Br)c1. The molecule has 1 N–H and O–H groups in total. The van der Waals surface area contributed by atoms with E-state index in [1.165, 1.54) is 5.56 Å². The minimum atomic E-state index is -2.83. The summed E-state index contributed by atoms with van der Waals surface area (Å²) in [6.07, 6.45) is 0. The van der Waals surface area contributed by atoms with Crippen molar-refractivity contribution < 1.29 is 8.42 Å². The average molecular weight is 361 g/mol. The normalized spacial score (nSPS) is 19.9. The lowest BCUT2D eigenvalue weighted by Crippen LogP contribution is -2.40. The molecular formula is C14H21BrN2O2S. The Morgan fingerprint density at radius 3 is 2.55 bits per heavy atom. The van der Waals surface area contributed by atoms with Gasteiger partial charge in [0.15, 0.2) is 9.84 Å². The third kappa shape index (κ3) is 3.74. The Hall–Kier alpha value is -0.590. The number of hydrogen-bond donors (Lipinski definition) is 1. The van der Waals surface area contributed by atoms with Crippen molar-refractivity contribution in [1.29, 1.82) is 0 Å². The highest BCUT2D eigenvalue weighted by Crippen LogP contribution is 2.30. The number of hydrogen-bond acceptors (Lipinski definition) is 4. The van der Waals surface area contributed by atoms with Crippen molar-refractivity contribution in [2.45, 2.75) is 19.9 Å². The lowest BCUT2D eigenvalue weighted by atomic mass is 10.1. The van der Waals surface area contributed by atoms with Crippen LogP contribution in [0.5, 0.6) is 0 Å². The van der Waals surface area contributed by atoms with Crippen LogP contribution in [-0.4, -0.2) is 39.6 Å². The van der Waals surface area contributed by atoms with Gasteiger partial charge < -0.3 is 10.2 Å². The fourth-order valence-corrected chi connectivity index (χ4v) is 4.27. The first-order valence-electron chi connectivity index (χ1n) is 6.91. The number of rotatable bonds is 4. The van der Waals surface area contributed by atoms with Crippen LogP contribution in [0.15, 0.2) is 22.7 Å². The molecule has 0 aliphatic carbocycles. The van der Waals surface area contributed by atoms with Crippen LogP contribution in [0.2, 0.25) is 0 Å². The zero-order valence-corrected chi connectivity index (χ0v) is 14.3. The van der Waals surface area contributed by atoms with E-state index < -0.39 is 9.84 Å². The van der Waals surface area contributed by atoms with E-state index in [0.717, 1.165) is 16.7 Å². The highest BCUT2D eigenvalue weighted by atomic mass is 79.9. The predicted molar refractivity (Wildman–Crippen MR) is 87.1 cm³/mol. The van der Waals surface area contributed by atoms with E-state index in [1.807, 2.05) is 0 Å². The van der Waals surface area contributed by atoms with Crippen LogP contribution in [0.1, 0.15) is 25.5 Å². The van der Waals surface area contributed by atoms with Gasteiger partial charge in [-0.3, -0.25) is 0 Å². The van der Waals surface area contributed by atoms with Gasteiger partial charge >= 0.3 is 0 Å². The quantitative estimate of drug-likeness (QED) is 0.895. The predicted octanol–water partition coefficient (Wildman–Crippen LogP) is 2.35. The lowest BCUT2D eigenvalue weighted by Gasteiger charge is -2.30. The summed E-state index contributed by atoms with van der Waals surface area (Å²) in [4.78, 5) is 2.13. The second kappa shape index (κ2) is 6.45. The van der Waals surface area contributed by atoms with Gasteiger partial charge in [-0.15, -0.1) is 0 Å². The molecule has 112 valence electrons. The highest BCUT2D eigenvalue weighted by Gasteiger charge is 2.23. The molecule has 1 aromatic carbocycles. The van der Waals surface area contributed by atoms with Gasteiger partial charge in [-0.25, -0.2) is 8.42 Å². The van der Waals surface area contributed by atoms with Crippen molar-refractivity contribution >= 4 is 31.5 Å². The maximum atomic E-state index is 11.5. The first-order valence-corrected chi connectivity index (χ1v) is 9.52. The van der Waals surface area contributed by atoms with E-state index in [1.54, 1.807) is 0 Å². The van der Waals surface area contributed by atoms with E-state index in [-0.39, 0.29) is 11.5 Å². The molecule has 1 aromatic rings. The summed E-state index contributed by atoms with van der Waals surface area (Å²) in [6, 6.07) is 6.61. The van der Waals surface area contributed by atoms with Crippen molar-refractivity contribution in [2.75, 3.05) is 36.0 Å². The Kier molecular flexibility index (Phi) is 5.09. The van der Waals surface area contributed by atoms with Gasteiger partial charge in [0, 0.05) is 23.6 Å². The van der Waals surface area contributed by atoms with E-state index in [4.69, 9.17) is 0 Å². The molecule has 1 unspecified atom stereocenters. The maximum Gasteiger partial charge on any atom is 0.153 e. The van der Waals surface area contributed by atoms with Crippen molar-refractivity contribution in [2.24, 2.45) is 0 Å². The van der Waals surface area contributed by atoms with Crippen molar-refractivity contribution in [3.05, 3.63) is 28.2 Å². The standard InChI is InChI=1S/C14H21BrN2O2S/c1-3-16-11(2)12-4-5-14(13(15)10-12)17-6-8-20(18,19)9-7-17/h4-5,10-11,16H,3,6-9H2,1-2H3. The molecule has 6 heteroatoms. The molecule has 2 rings (SSSR count). The summed E-state index contributed by atoms with van der Waals surface area (Å²) < 4.78 is 24.0. The van der Waals surface area contributed by atoms with E-state index >= 15 is 0 Å². The molecule has 0 spiro atoms. The van der Waals surface area contributed by atoms with Gasteiger partial charge in [0.1, 0.15) is 0 Å². The van der Waals surface area contributed by atoms with Gasteiger partial charge in [0.2, 0.25) is 0 Å². The molecule has 1 aliphatic heterocycles. The molecule has 0 bridgehead atoms. The molecular weight excluding hydrogens is 340 g/mol. The van der Waals surface area contributed by atoms with Crippen LogP contribution in [-0.2, 0) is 9.84 Å². The van der Waals surface area contributed by atoms with Crippen LogP contribution in [0.3, 0.4) is 0 Å². The fourth-order valence-electron chi connectivity index (χ4n) is 2.43. The topological polar surface area (TPSA) is 49.4 Å². The molecule has 4 nitrogen and oxygen atoms in total. The number of sulfone groups is 1. The molecule has 1 atom stereocenters. The number of nitrogens with one attached hydrogen (secondary N) is 1. The van der Waals surface area contributed by atoms with Crippen LogP contribution in [0.25, 0.3) is 0 Å². The third-order valence-corrected chi connectivity index (χ3v) is 5.91. The van der Waals surface area contributed by atoms with Crippen LogP contribution in [0, 0.1) is 0 Å². The Balaban J connectivity index is 2.14. The van der Waals surface area contributed by atoms with E-state index in [2.05, 4.69) is 58.2 Å². The van der Waals surface area contributed by atoms with Gasteiger partial charge in [-0.1, -0.05) is 13.0 Å². The van der Waals surface area contributed by atoms with Gasteiger partial charge in [-0.05, 0) is 47.1 Å². The number of nitrogens with zero attached hydrogens (tertiary/aromatic N) is 1. The first kappa shape index (κ1) is 15.8. The average Bonchev–Trinajstić information content (AvgIpc) is 2.39. The summed E-state index contributed by atoms with van der Waals surface area (Å²) in [6.45, 7) is 6.31. The largest absolute Gasteiger partial charge is 0.369 e. The van der Waals surface area contributed by atoms with Crippen molar-refractivity contribution in [3.63, 3.8) is 0 Å². The highest BCUT2D eigenvalue weighted by molar-refractivity contribution is 9.10. The Morgan fingerprint density at radius 1 is 1.35 bits per heavy atom. The van der Waals surface area contributed by atoms with E-state index in [9.17, 15) is 8.42 Å². The molecule has 1 aliphatic rings. The number of halogens is 1. The molecule has 0 radical (unpaired) electrons. The third-order valence-electron chi connectivity index (χ3n) is 3.67. The molecule has 20 heavy (non-hydrogen) atoms. The first-order chi connectivity index (χ1) is 9.43. The Bertz CT molecular complexity index is 561.